The van der Waals surface area contributed by atoms with Crippen molar-refractivity contribution in [3.05, 3.63) is 23.9 Å². The molecule has 1 heterocycles. The van der Waals surface area contributed by atoms with Gasteiger partial charge in [0.15, 0.2) is 0 Å². The van der Waals surface area contributed by atoms with E-state index in [-0.39, 0.29) is 5.54 Å². The summed E-state index contributed by atoms with van der Waals surface area (Å²) < 4.78 is 0. The fourth-order valence-electron chi connectivity index (χ4n) is 1.77. The van der Waals surface area contributed by atoms with Gasteiger partial charge in [0.25, 0.3) is 0 Å². The molecule has 0 aromatic carbocycles. The Balaban J connectivity index is 2.07. The zero-order valence-electron chi connectivity index (χ0n) is 9.12. The Morgan fingerprint density at radius 1 is 1.47 bits per heavy atom. The van der Waals surface area contributed by atoms with Crippen molar-refractivity contribution in [2.75, 3.05) is 5.32 Å². The molecule has 1 aromatic heterocycles. The first-order chi connectivity index (χ1) is 7.12. The molecule has 1 aliphatic carbocycles. The van der Waals surface area contributed by atoms with Crippen molar-refractivity contribution in [1.29, 1.82) is 5.26 Å². The van der Waals surface area contributed by atoms with Gasteiger partial charge >= 0.3 is 0 Å². The minimum Gasteiger partial charge on any atom is -0.365 e. The maximum atomic E-state index is 8.65. The molecule has 2 rings (SSSR count). The van der Waals surface area contributed by atoms with Gasteiger partial charge in [-0.15, -0.1) is 0 Å². The molecule has 78 valence electrons. The van der Waals surface area contributed by atoms with Crippen molar-refractivity contribution in [3.8, 4) is 6.07 Å². The van der Waals surface area contributed by atoms with Crippen LogP contribution in [0.4, 0.5) is 5.82 Å². The molecule has 1 saturated carbocycles. The van der Waals surface area contributed by atoms with E-state index in [9.17, 15) is 0 Å². The van der Waals surface area contributed by atoms with Crippen molar-refractivity contribution in [2.24, 2.45) is 5.92 Å². The highest BCUT2D eigenvalue weighted by molar-refractivity contribution is 5.41. The van der Waals surface area contributed by atoms with E-state index in [1.54, 1.807) is 12.3 Å². The van der Waals surface area contributed by atoms with E-state index in [1.807, 2.05) is 6.07 Å². The lowest BCUT2D eigenvalue weighted by Crippen LogP contribution is -2.33. The highest BCUT2D eigenvalue weighted by Gasteiger charge is 2.37. The smallest absolute Gasteiger partial charge is 0.126 e. The summed E-state index contributed by atoms with van der Waals surface area (Å²) in [6, 6.07) is 5.72. The zero-order chi connectivity index (χ0) is 10.9. The van der Waals surface area contributed by atoms with Crippen LogP contribution in [0.15, 0.2) is 18.3 Å². The van der Waals surface area contributed by atoms with Gasteiger partial charge in [-0.3, -0.25) is 0 Å². The maximum absolute atomic E-state index is 8.65. The Hall–Kier alpha value is -1.56. The van der Waals surface area contributed by atoms with Crippen molar-refractivity contribution in [2.45, 2.75) is 32.2 Å². The highest BCUT2D eigenvalue weighted by Crippen LogP contribution is 2.40. The molecule has 1 aromatic rings. The molecule has 3 nitrogen and oxygen atoms in total. The number of nitrogens with zero attached hydrogens (tertiary/aromatic N) is 2. The van der Waals surface area contributed by atoms with Crippen LogP contribution in [0, 0.1) is 17.2 Å². The molecule has 0 unspecified atom stereocenters. The van der Waals surface area contributed by atoms with E-state index >= 15 is 0 Å². The third kappa shape index (κ3) is 2.27. The second-order valence-corrected chi connectivity index (χ2v) is 4.66. The Morgan fingerprint density at radius 3 is 2.67 bits per heavy atom. The second-order valence-electron chi connectivity index (χ2n) is 4.66. The number of aromatic nitrogens is 1. The number of pyridine rings is 1. The number of anilines is 1. The molecular weight excluding hydrogens is 186 g/mol. The average molecular weight is 201 g/mol. The normalized spacial score (nSPS) is 15.8. The van der Waals surface area contributed by atoms with E-state index in [0.717, 1.165) is 11.7 Å². The number of rotatable bonds is 3. The fourth-order valence-corrected chi connectivity index (χ4v) is 1.77. The summed E-state index contributed by atoms with van der Waals surface area (Å²) in [5.41, 5.74) is 0.714. The molecule has 3 heteroatoms. The SMILES string of the molecule is CC(C)(Nc1ccc(C#N)cn1)C1CC1. The van der Waals surface area contributed by atoms with Gasteiger partial charge in [0, 0.05) is 11.7 Å². The zero-order valence-corrected chi connectivity index (χ0v) is 9.12. The van der Waals surface area contributed by atoms with E-state index in [4.69, 9.17) is 5.26 Å². The lowest BCUT2D eigenvalue weighted by molar-refractivity contribution is 0.492. The van der Waals surface area contributed by atoms with Crippen LogP contribution >= 0.6 is 0 Å². The van der Waals surface area contributed by atoms with E-state index in [0.29, 0.717) is 5.56 Å². The molecule has 1 N–H and O–H groups in total. The molecule has 15 heavy (non-hydrogen) atoms. The molecule has 0 atom stereocenters. The molecule has 1 aliphatic rings. The fraction of sp³-hybridized carbons (Fsp3) is 0.500. The van der Waals surface area contributed by atoms with Gasteiger partial charge in [-0.05, 0) is 44.7 Å². The number of nitrogens with one attached hydrogen (secondary N) is 1. The predicted octanol–water partition coefficient (Wildman–Crippen LogP) is 2.55. The first-order valence-corrected chi connectivity index (χ1v) is 5.26. The van der Waals surface area contributed by atoms with Crippen molar-refractivity contribution in [1.82, 2.24) is 4.98 Å². The predicted molar refractivity (Wildman–Crippen MR) is 59.4 cm³/mol. The summed E-state index contributed by atoms with van der Waals surface area (Å²) in [5, 5.41) is 12.1. The van der Waals surface area contributed by atoms with Crippen LogP contribution < -0.4 is 5.32 Å². The Labute approximate surface area is 90.1 Å². The average Bonchev–Trinajstić information content (AvgIpc) is 3.01. The Morgan fingerprint density at radius 2 is 2.20 bits per heavy atom. The summed E-state index contributed by atoms with van der Waals surface area (Å²) in [7, 11) is 0. The first kappa shape index (κ1) is 9.97. The highest BCUT2D eigenvalue weighted by atomic mass is 15.1. The standard InChI is InChI=1S/C12H15N3/c1-12(2,10-4-5-10)15-11-6-3-9(7-13)8-14-11/h3,6,8,10H,4-5H2,1-2H3,(H,14,15). The molecule has 0 spiro atoms. The molecule has 0 aliphatic heterocycles. The third-order valence-corrected chi connectivity index (χ3v) is 2.94. The lowest BCUT2D eigenvalue weighted by atomic mass is 9.99. The van der Waals surface area contributed by atoms with E-state index < -0.39 is 0 Å². The van der Waals surface area contributed by atoms with Gasteiger partial charge in [-0.25, -0.2) is 4.98 Å². The maximum Gasteiger partial charge on any atom is 0.126 e. The van der Waals surface area contributed by atoms with Crippen LogP contribution in [-0.2, 0) is 0 Å². The molecule has 0 radical (unpaired) electrons. The van der Waals surface area contributed by atoms with Crippen LogP contribution in [0.5, 0.6) is 0 Å². The van der Waals surface area contributed by atoms with Gasteiger partial charge in [-0.1, -0.05) is 0 Å². The largest absolute Gasteiger partial charge is 0.365 e. The first-order valence-electron chi connectivity index (χ1n) is 5.26. The monoisotopic (exact) mass is 201 g/mol. The van der Waals surface area contributed by atoms with Crippen LogP contribution in [0.25, 0.3) is 0 Å². The summed E-state index contributed by atoms with van der Waals surface area (Å²) in [6.45, 7) is 4.40. The quantitative estimate of drug-likeness (QED) is 0.817. The van der Waals surface area contributed by atoms with Gasteiger partial charge in [0.1, 0.15) is 11.9 Å². The summed E-state index contributed by atoms with van der Waals surface area (Å²) in [4.78, 5) is 4.21. The van der Waals surface area contributed by atoms with Gasteiger partial charge in [0.05, 0.1) is 5.56 Å². The van der Waals surface area contributed by atoms with Crippen LogP contribution in [0.3, 0.4) is 0 Å². The molecule has 1 fully saturated rings. The summed E-state index contributed by atoms with van der Waals surface area (Å²) >= 11 is 0. The molecule has 0 bridgehead atoms. The minimum absolute atomic E-state index is 0.112. The van der Waals surface area contributed by atoms with Crippen LogP contribution in [-0.4, -0.2) is 10.5 Å². The lowest BCUT2D eigenvalue weighted by Gasteiger charge is -2.26. The van der Waals surface area contributed by atoms with Crippen LogP contribution in [0.1, 0.15) is 32.3 Å². The summed E-state index contributed by atoms with van der Waals surface area (Å²) in [5.74, 6) is 1.61. The number of nitriles is 1. The molecule has 0 amide bonds. The second kappa shape index (κ2) is 3.54. The minimum atomic E-state index is 0.112. The Kier molecular flexibility index (Phi) is 2.36. The van der Waals surface area contributed by atoms with Crippen LogP contribution in [0.2, 0.25) is 0 Å². The van der Waals surface area contributed by atoms with Gasteiger partial charge in [-0.2, -0.15) is 5.26 Å². The number of hydrogen-bond donors (Lipinski definition) is 1. The van der Waals surface area contributed by atoms with Crippen molar-refractivity contribution < 1.29 is 0 Å². The molecule has 0 saturated heterocycles. The van der Waals surface area contributed by atoms with Gasteiger partial charge in [0.2, 0.25) is 0 Å². The summed E-state index contributed by atoms with van der Waals surface area (Å²) in [6.07, 6.45) is 4.21. The van der Waals surface area contributed by atoms with E-state index in [1.165, 1.54) is 12.8 Å². The van der Waals surface area contributed by atoms with Crippen molar-refractivity contribution in [3.63, 3.8) is 0 Å². The van der Waals surface area contributed by atoms with Crippen molar-refractivity contribution >= 4 is 5.82 Å². The number of hydrogen-bond acceptors (Lipinski definition) is 3. The third-order valence-electron chi connectivity index (χ3n) is 2.94. The topological polar surface area (TPSA) is 48.7 Å². The Bertz CT molecular complexity index is 382. The van der Waals surface area contributed by atoms with E-state index in [2.05, 4.69) is 30.2 Å². The molecular formula is C12H15N3. The van der Waals surface area contributed by atoms with Gasteiger partial charge < -0.3 is 5.32 Å².